The Kier molecular flexibility index (Phi) is 2.19. The molecule has 0 atom stereocenters. The highest BCUT2D eigenvalue weighted by Gasteiger charge is 2.34. The van der Waals surface area contributed by atoms with Gasteiger partial charge in [0.15, 0.2) is 0 Å². The third kappa shape index (κ3) is 1.69. The number of rotatable bonds is 0. The summed E-state index contributed by atoms with van der Waals surface area (Å²) in [6, 6.07) is 4.48. The van der Waals surface area contributed by atoms with E-state index < -0.39 is 11.7 Å². The third-order valence-electron chi connectivity index (χ3n) is 2.26. The molecule has 1 aromatic carbocycles. The van der Waals surface area contributed by atoms with Crippen LogP contribution in [0.25, 0.3) is 10.9 Å². The molecule has 0 unspecified atom stereocenters. The minimum Gasteiger partial charge on any atom is -0.350 e. The van der Waals surface area contributed by atoms with Crippen LogP contribution in [0.15, 0.2) is 24.4 Å². The second-order valence-corrected chi connectivity index (χ2v) is 3.75. The number of benzene rings is 1. The van der Waals surface area contributed by atoms with E-state index in [0.29, 0.717) is 10.5 Å². The van der Waals surface area contributed by atoms with E-state index in [0.717, 1.165) is 6.20 Å². The Morgan fingerprint density at radius 2 is 1.93 bits per heavy atom. The van der Waals surface area contributed by atoms with Gasteiger partial charge < -0.3 is 4.57 Å². The van der Waals surface area contributed by atoms with Crippen LogP contribution in [0.2, 0.25) is 5.02 Å². The number of hydrogen-bond acceptors (Lipinski definition) is 0. The van der Waals surface area contributed by atoms with E-state index in [1.807, 2.05) is 0 Å². The third-order valence-corrected chi connectivity index (χ3v) is 2.49. The summed E-state index contributed by atoms with van der Waals surface area (Å²) in [6.45, 7) is 0. The van der Waals surface area contributed by atoms with Gasteiger partial charge in [-0.1, -0.05) is 11.6 Å². The Morgan fingerprint density at radius 3 is 2.53 bits per heavy atom. The van der Waals surface area contributed by atoms with Crippen LogP contribution >= 0.6 is 11.6 Å². The molecule has 0 aliphatic carbocycles. The van der Waals surface area contributed by atoms with Crippen molar-refractivity contribution in [1.29, 1.82) is 0 Å². The summed E-state index contributed by atoms with van der Waals surface area (Å²) in [5.74, 6) is 0. The van der Waals surface area contributed by atoms with Gasteiger partial charge in [0.25, 0.3) is 0 Å². The predicted molar refractivity (Wildman–Crippen MR) is 52.9 cm³/mol. The number of halogens is 4. The molecule has 2 aromatic rings. The Bertz CT molecular complexity index is 513. The van der Waals surface area contributed by atoms with Crippen LogP contribution in [-0.2, 0) is 13.2 Å². The first-order chi connectivity index (χ1) is 6.89. The lowest BCUT2D eigenvalue weighted by Crippen LogP contribution is -2.03. The van der Waals surface area contributed by atoms with E-state index in [1.54, 1.807) is 19.2 Å². The fourth-order valence-electron chi connectivity index (χ4n) is 1.59. The van der Waals surface area contributed by atoms with Gasteiger partial charge in [-0.15, -0.1) is 0 Å². The fourth-order valence-corrected chi connectivity index (χ4v) is 1.76. The molecule has 0 spiro atoms. The average molecular weight is 234 g/mol. The molecule has 15 heavy (non-hydrogen) atoms. The van der Waals surface area contributed by atoms with Gasteiger partial charge in [0.05, 0.1) is 5.56 Å². The smallest absolute Gasteiger partial charge is 0.350 e. The Balaban J connectivity index is 2.81. The SMILES string of the molecule is Cn1cc(C(F)(F)F)c2cc(Cl)ccc21. The topological polar surface area (TPSA) is 4.93 Å². The lowest BCUT2D eigenvalue weighted by atomic mass is 10.2. The van der Waals surface area contributed by atoms with Crippen molar-refractivity contribution in [2.24, 2.45) is 7.05 Å². The lowest BCUT2D eigenvalue weighted by Gasteiger charge is -2.03. The monoisotopic (exact) mass is 233 g/mol. The molecule has 0 amide bonds. The van der Waals surface area contributed by atoms with E-state index >= 15 is 0 Å². The highest BCUT2D eigenvalue weighted by atomic mass is 35.5. The van der Waals surface area contributed by atoms with E-state index in [-0.39, 0.29) is 5.39 Å². The van der Waals surface area contributed by atoms with Gasteiger partial charge in [-0.2, -0.15) is 13.2 Å². The maximum atomic E-state index is 12.6. The normalized spacial score (nSPS) is 12.3. The van der Waals surface area contributed by atoms with E-state index in [4.69, 9.17) is 11.6 Å². The fraction of sp³-hybridized carbons (Fsp3) is 0.200. The number of aromatic nitrogens is 1. The summed E-state index contributed by atoms with van der Waals surface area (Å²) in [5, 5.41) is 0.441. The maximum Gasteiger partial charge on any atom is 0.418 e. The second-order valence-electron chi connectivity index (χ2n) is 3.31. The summed E-state index contributed by atoms with van der Waals surface area (Å²) in [6.07, 6.45) is -3.27. The van der Waals surface area contributed by atoms with Gasteiger partial charge in [0.1, 0.15) is 0 Å². The molecule has 0 saturated carbocycles. The zero-order chi connectivity index (χ0) is 11.2. The van der Waals surface area contributed by atoms with Gasteiger partial charge in [-0.3, -0.25) is 0 Å². The molecular weight excluding hydrogens is 227 g/mol. The molecule has 5 heteroatoms. The summed E-state index contributed by atoms with van der Waals surface area (Å²) in [7, 11) is 1.57. The van der Waals surface area contributed by atoms with Crippen molar-refractivity contribution in [3.8, 4) is 0 Å². The van der Waals surface area contributed by atoms with Crippen molar-refractivity contribution in [2.75, 3.05) is 0 Å². The Labute approximate surface area is 89.1 Å². The Hall–Kier alpha value is -1.16. The van der Waals surface area contributed by atoms with Gasteiger partial charge in [-0.05, 0) is 18.2 Å². The summed E-state index contributed by atoms with van der Waals surface area (Å²) in [5.41, 5.74) is -0.130. The van der Waals surface area contributed by atoms with Crippen LogP contribution in [0.5, 0.6) is 0 Å². The summed E-state index contributed by atoms with van der Waals surface area (Å²) in [4.78, 5) is 0. The van der Waals surface area contributed by atoms with Crippen LogP contribution in [0.3, 0.4) is 0 Å². The van der Waals surface area contributed by atoms with E-state index in [1.165, 1.54) is 10.6 Å². The molecule has 0 fully saturated rings. The number of nitrogens with zero attached hydrogens (tertiary/aromatic N) is 1. The standard InChI is InChI=1S/C10H7ClF3N/c1-15-5-8(10(12,13)14)7-4-6(11)2-3-9(7)15/h2-5H,1H3. The largest absolute Gasteiger partial charge is 0.418 e. The van der Waals surface area contributed by atoms with Crippen LogP contribution in [-0.4, -0.2) is 4.57 Å². The predicted octanol–water partition coefficient (Wildman–Crippen LogP) is 3.85. The van der Waals surface area contributed by atoms with E-state index in [2.05, 4.69) is 0 Å². The van der Waals surface area contributed by atoms with Crippen molar-refractivity contribution < 1.29 is 13.2 Å². The zero-order valence-electron chi connectivity index (χ0n) is 7.77. The molecular formula is C10H7ClF3N. The first-order valence-electron chi connectivity index (χ1n) is 4.21. The molecule has 2 rings (SSSR count). The molecule has 0 N–H and O–H groups in total. The van der Waals surface area contributed by atoms with Crippen LogP contribution in [0, 0.1) is 0 Å². The molecule has 0 aliphatic rings. The van der Waals surface area contributed by atoms with Gasteiger partial charge >= 0.3 is 6.18 Å². The highest BCUT2D eigenvalue weighted by Crippen LogP contribution is 2.36. The number of hydrogen-bond donors (Lipinski definition) is 0. The molecule has 0 saturated heterocycles. The van der Waals surface area contributed by atoms with Crippen LogP contribution in [0.4, 0.5) is 13.2 Å². The van der Waals surface area contributed by atoms with Crippen LogP contribution in [0.1, 0.15) is 5.56 Å². The summed E-state index contributed by atoms with van der Waals surface area (Å²) < 4.78 is 39.3. The van der Waals surface area contributed by atoms with Crippen molar-refractivity contribution in [3.05, 3.63) is 35.0 Å². The Morgan fingerprint density at radius 1 is 1.27 bits per heavy atom. The first kappa shape index (κ1) is 10.4. The molecule has 0 aliphatic heterocycles. The molecule has 1 nitrogen and oxygen atoms in total. The van der Waals surface area contributed by atoms with Crippen molar-refractivity contribution in [3.63, 3.8) is 0 Å². The lowest BCUT2D eigenvalue weighted by molar-refractivity contribution is -0.136. The minimum atomic E-state index is -4.34. The zero-order valence-corrected chi connectivity index (χ0v) is 8.52. The van der Waals surface area contributed by atoms with Crippen molar-refractivity contribution in [1.82, 2.24) is 4.57 Å². The van der Waals surface area contributed by atoms with Crippen molar-refractivity contribution in [2.45, 2.75) is 6.18 Å². The maximum absolute atomic E-state index is 12.6. The highest BCUT2D eigenvalue weighted by molar-refractivity contribution is 6.31. The number of alkyl halides is 3. The molecule has 1 heterocycles. The first-order valence-corrected chi connectivity index (χ1v) is 4.59. The van der Waals surface area contributed by atoms with Gasteiger partial charge in [0.2, 0.25) is 0 Å². The summed E-state index contributed by atoms with van der Waals surface area (Å²) >= 11 is 5.67. The van der Waals surface area contributed by atoms with Crippen molar-refractivity contribution >= 4 is 22.5 Å². The van der Waals surface area contributed by atoms with E-state index in [9.17, 15) is 13.2 Å². The quantitative estimate of drug-likeness (QED) is 0.651. The number of fused-ring (bicyclic) bond motifs is 1. The molecule has 80 valence electrons. The molecule has 0 radical (unpaired) electrons. The molecule has 1 aromatic heterocycles. The van der Waals surface area contributed by atoms with Gasteiger partial charge in [-0.25, -0.2) is 0 Å². The average Bonchev–Trinajstić information content (AvgIpc) is 2.42. The second kappa shape index (κ2) is 3.17. The molecule has 0 bridgehead atoms. The van der Waals surface area contributed by atoms with Crippen LogP contribution < -0.4 is 0 Å². The number of aryl methyl sites for hydroxylation is 1. The minimum absolute atomic E-state index is 0.137. The van der Waals surface area contributed by atoms with Gasteiger partial charge in [0, 0.05) is 29.2 Å².